The summed E-state index contributed by atoms with van der Waals surface area (Å²) < 4.78 is 0. The topological polar surface area (TPSA) is 58.6 Å². The molecule has 1 aromatic carbocycles. The van der Waals surface area contributed by atoms with Crippen molar-refractivity contribution in [3.63, 3.8) is 0 Å². The summed E-state index contributed by atoms with van der Waals surface area (Å²) in [6, 6.07) is 7.32. The van der Waals surface area contributed by atoms with E-state index in [1.807, 2.05) is 17.5 Å². The molecule has 0 saturated carbocycles. The molecular formula is C12H11ClN2OS. The number of halogens is 1. The van der Waals surface area contributed by atoms with Gasteiger partial charge in [-0.15, -0.1) is 11.3 Å². The van der Waals surface area contributed by atoms with Crippen LogP contribution in [0.1, 0.15) is 12.5 Å². The predicted molar refractivity (Wildman–Crippen MR) is 72.8 cm³/mol. The van der Waals surface area contributed by atoms with Crippen molar-refractivity contribution >= 4 is 28.6 Å². The Bertz CT molecular complexity index is 560. The Morgan fingerprint density at radius 3 is 2.59 bits per heavy atom. The molecule has 1 heterocycles. The molecule has 2 rings (SSSR count). The summed E-state index contributed by atoms with van der Waals surface area (Å²) in [5.41, 5.74) is 2.20. The van der Waals surface area contributed by atoms with Crippen molar-refractivity contribution in [2.45, 2.75) is 6.92 Å². The Labute approximate surface area is 108 Å². The second-order valence-electron chi connectivity index (χ2n) is 3.55. The first-order valence-corrected chi connectivity index (χ1v) is 6.20. The van der Waals surface area contributed by atoms with Crippen molar-refractivity contribution in [3.05, 3.63) is 40.2 Å². The number of hydrogen-bond acceptors (Lipinski definition) is 4. The molecule has 5 heteroatoms. The highest BCUT2D eigenvalue weighted by Crippen LogP contribution is 2.38. The number of nitrogens with zero attached hydrogens (tertiary/aromatic N) is 1. The molecule has 0 aliphatic carbocycles. The van der Waals surface area contributed by atoms with Crippen LogP contribution in [0.2, 0.25) is 5.02 Å². The van der Waals surface area contributed by atoms with E-state index in [-0.39, 0.29) is 5.75 Å². The molecule has 0 atom stereocenters. The van der Waals surface area contributed by atoms with Gasteiger partial charge in [-0.25, -0.2) is 0 Å². The molecule has 0 unspecified atom stereocenters. The summed E-state index contributed by atoms with van der Waals surface area (Å²) in [6.45, 7) is 1.76. The van der Waals surface area contributed by atoms with Crippen LogP contribution in [0.25, 0.3) is 10.4 Å². The number of rotatable bonds is 2. The van der Waals surface area contributed by atoms with Gasteiger partial charge in [-0.05, 0) is 24.6 Å². The quantitative estimate of drug-likeness (QED) is 0.497. The van der Waals surface area contributed by atoms with Crippen molar-refractivity contribution in [1.82, 2.24) is 0 Å². The number of benzene rings is 1. The number of hydrogen-bond donors (Lipinski definition) is 2. The standard InChI is InChI=1S/C12H11ClN2OS/c1-7(15-14)10-6-17-12(11(10)16)8-2-4-9(13)5-3-8/h2-6,16H,14H2,1H3/b15-7+. The lowest BCUT2D eigenvalue weighted by molar-refractivity contribution is 0.478. The summed E-state index contributed by atoms with van der Waals surface area (Å²) in [4.78, 5) is 0.791. The fraction of sp³-hybridized carbons (Fsp3) is 0.0833. The summed E-state index contributed by atoms with van der Waals surface area (Å²) >= 11 is 7.27. The van der Waals surface area contributed by atoms with E-state index >= 15 is 0 Å². The van der Waals surface area contributed by atoms with Crippen LogP contribution < -0.4 is 5.84 Å². The third-order valence-corrected chi connectivity index (χ3v) is 3.72. The molecule has 2 aromatic rings. The van der Waals surface area contributed by atoms with Gasteiger partial charge in [0.05, 0.1) is 16.2 Å². The molecule has 0 fully saturated rings. The predicted octanol–water partition coefficient (Wildman–Crippen LogP) is 3.46. The van der Waals surface area contributed by atoms with Gasteiger partial charge in [0.1, 0.15) is 5.75 Å². The van der Waals surface area contributed by atoms with E-state index in [9.17, 15) is 5.11 Å². The number of aromatic hydroxyl groups is 1. The van der Waals surface area contributed by atoms with Gasteiger partial charge in [-0.2, -0.15) is 5.10 Å². The third kappa shape index (κ3) is 2.28. The first-order chi connectivity index (χ1) is 8.13. The molecule has 1 aromatic heterocycles. The number of thiophene rings is 1. The molecule has 0 aliphatic rings. The molecule has 0 bridgehead atoms. The van der Waals surface area contributed by atoms with Gasteiger partial charge < -0.3 is 10.9 Å². The maximum absolute atomic E-state index is 10.1. The third-order valence-electron chi connectivity index (χ3n) is 2.45. The molecule has 3 nitrogen and oxygen atoms in total. The molecule has 88 valence electrons. The van der Waals surface area contributed by atoms with Crippen molar-refractivity contribution in [1.29, 1.82) is 0 Å². The van der Waals surface area contributed by atoms with Crippen LogP contribution in [0.4, 0.5) is 0 Å². The SMILES string of the molecule is C/C(=N\N)c1csc(-c2ccc(Cl)cc2)c1O. The smallest absolute Gasteiger partial charge is 0.143 e. The van der Waals surface area contributed by atoms with E-state index in [1.54, 1.807) is 19.1 Å². The zero-order valence-corrected chi connectivity index (χ0v) is 10.7. The van der Waals surface area contributed by atoms with Crippen LogP contribution in [-0.4, -0.2) is 10.8 Å². The molecule has 17 heavy (non-hydrogen) atoms. The summed E-state index contributed by atoms with van der Waals surface area (Å²) in [7, 11) is 0. The second-order valence-corrected chi connectivity index (χ2v) is 4.86. The highest BCUT2D eigenvalue weighted by molar-refractivity contribution is 7.14. The molecule has 0 saturated heterocycles. The minimum absolute atomic E-state index is 0.212. The Hall–Kier alpha value is -1.52. The largest absolute Gasteiger partial charge is 0.506 e. The second kappa shape index (κ2) is 4.77. The Balaban J connectivity index is 2.47. The first kappa shape index (κ1) is 12.0. The van der Waals surface area contributed by atoms with E-state index in [0.717, 1.165) is 10.4 Å². The van der Waals surface area contributed by atoms with Crippen molar-refractivity contribution in [2.24, 2.45) is 10.9 Å². The van der Waals surface area contributed by atoms with Gasteiger partial charge in [-0.3, -0.25) is 0 Å². The summed E-state index contributed by atoms with van der Waals surface area (Å²) in [5.74, 6) is 5.42. The summed E-state index contributed by atoms with van der Waals surface area (Å²) in [6.07, 6.45) is 0. The zero-order chi connectivity index (χ0) is 12.4. The fourth-order valence-corrected chi connectivity index (χ4v) is 2.62. The Morgan fingerprint density at radius 1 is 1.35 bits per heavy atom. The van der Waals surface area contributed by atoms with E-state index < -0.39 is 0 Å². The Morgan fingerprint density at radius 2 is 2.00 bits per heavy atom. The molecule has 0 aliphatic heterocycles. The van der Waals surface area contributed by atoms with Gasteiger partial charge >= 0.3 is 0 Å². The van der Waals surface area contributed by atoms with E-state index in [0.29, 0.717) is 16.3 Å². The lowest BCUT2D eigenvalue weighted by Crippen LogP contribution is -1.96. The first-order valence-electron chi connectivity index (χ1n) is 4.94. The number of hydrazone groups is 1. The highest BCUT2D eigenvalue weighted by atomic mass is 35.5. The molecule has 3 N–H and O–H groups in total. The lowest BCUT2D eigenvalue weighted by Gasteiger charge is -2.01. The minimum atomic E-state index is 0.212. The van der Waals surface area contributed by atoms with Crippen LogP contribution in [0.3, 0.4) is 0 Å². The van der Waals surface area contributed by atoms with Crippen LogP contribution in [0, 0.1) is 0 Å². The maximum Gasteiger partial charge on any atom is 0.143 e. The molecule has 0 spiro atoms. The number of nitrogens with two attached hydrogens (primary N) is 1. The summed E-state index contributed by atoms with van der Waals surface area (Å²) in [5, 5.41) is 16.2. The van der Waals surface area contributed by atoms with Gasteiger partial charge in [0.2, 0.25) is 0 Å². The van der Waals surface area contributed by atoms with Crippen molar-refractivity contribution in [2.75, 3.05) is 0 Å². The van der Waals surface area contributed by atoms with E-state index in [2.05, 4.69) is 5.10 Å². The molecule has 0 radical (unpaired) electrons. The van der Waals surface area contributed by atoms with Crippen LogP contribution in [0.5, 0.6) is 5.75 Å². The van der Waals surface area contributed by atoms with Gasteiger partial charge in [0, 0.05) is 10.4 Å². The lowest BCUT2D eigenvalue weighted by atomic mass is 10.1. The normalized spacial score (nSPS) is 11.8. The van der Waals surface area contributed by atoms with Crippen molar-refractivity contribution < 1.29 is 5.11 Å². The van der Waals surface area contributed by atoms with Gasteiger partial charge in [0.15, 0.2) is 0 Å². The van der Waals surface area contributed by atoms with Gasteiger partial charge in [-0.1, -0.05) is 23.7 Å². The monoisotopic (exact) mass is 266 g/mol. The fourth-order valence-electron chi connectivity index (χ4n) is 1.48. The minimum Gasteiger partial charge on any atom is -0.506 e. The Kier molecular flexibility index (Phi) is 3.36. The average Bonchev–Trinajstić information content (AvgIpc) is 2.71. The molecule has 0 amide bonds. The maximum atomic E-state index is 10.1. The van der Waals surface area contributed by atoms with E-state index in [1.165, 1.54) is 11.3 Å². The highest BCUT2D eigenvalue weighted by Gasteiger charge is 2.14. The van der Waals surface area contributed by atoms with E-state index in [4.69, 9.17) is 17.4 Å². The zero-order valence-electron chi connectivity index (χ0n) is 9.14. The molecular weight excluding hydrogens is 256 g/mol. The van der Waals surface area contributed by atoms with Crippen LogP contribution in [-0.2, 0) is 0 Å². The van der Waals surface area contributed by atoms with Crippen LogP contribution in [0.15, 0.2) is 34.7 Å². The van der Waals surface area contributed by atoms with Crippen LogP contribution >= 0.6 is 22.9 Å². The van der Waals surface area contributed by atoms with Crippen molar-refractivity contribution in [3.8, 4) is 16.2 Å². The van der Waals surface area contributed by atoms with Gasteiger partial charge in [0.25, 0.3) is 0 Å². The average molecular weight is 267 g/mol.